The Labute approximate surface area is 150 Å². The van der Waals surface area contributed by atoms with Crippen LogP contribution in [0.5, 0.6) is 0 Å². The number of pyridine rings is 1. The summed E-state index contributed by atoms with van der Waals surface area (Å²) in [4.78, 5) is 16.6. The minimum Gasteiger partial charge on any atom is -0.355 e. The Bertz CT molecular complexity index is 1020. The summed E-state index contributed by atoms with van der Waals surface area (Å²) in [6, 6.07) is 17.3. The molecule has 0 atom stereocenters. The number of carbonyl (C=O) groups is 1. The molecule has 0 unspecified atom stereocenters. The third kappa shape index (κ3) is 3.35. The lowest BCUT2D eigenvalue weighted by Crippen LogP contribution is -2.25. The molecule has 6 heteroatoms. The molecule has 6 nitrogen and oxygen atoms in total. The topological polar surface area (TPSA) is 73.0 Å². The van der Waals surface area contributed by atoms with Gasteiger partial charge in [-0.2, -0.15) is 0 Å². The number of benzene rings is 1. The van der Waals surface area contributed by atoms with E-state index >= 15 is 0 Å². The van der Waals surface area contributed by atoms with E-state index in [4.69, 9.17) is 4.52 Å². The summed E-state index contributed by atoms with van der Waals surface area (Å²) in [5.41, 5.74) is 2.14. The van der Waals surface area contributed by atoms with E-state index in [9.17, 15) is 4.79 Å². The molecule has 0 saturated heterocycles. The lowest BCUT2D eigenvalue weighted by Gasteiger charge is -2.05. The highest BCUT2D eigenvalue weighted by atomic mass is 16.5. The van der Waals surface area contributed by atoms with Crippen molar-refractivity contribution in [3.8, 4) is 11.3 Å². The number of carbonyl (C=O) groups excluding carboxylic acids is 1. The molecule has 1 aromatic carbocycles. The normalized spacial score (nSPS) is 10.9. The zero-order chi connectivity index (χ0) is 17.8. The summed E-state index contributed by atoms with van der Waals surface area (Å²) < 4.78 is 7.35. The maximum Gasteiger partial charge on any atom is 0.273 e. The Morgan fingerprint density at radius 3 is 2.88 bits per heavy atom. The maximum atomic E-state index is 12.2. The Balaban J connectivity index is 1.31. The van der Waals surface area contributed by atoms with Gasteiger partial charge in [-0.15, -0.1) is 0 Å². The van der Waals surface area contributed by atoms with E-state index in [0.29, 0.717) is 12.3 Å². The van der Waals surface area contributed by atoms with Crippen LogP contribution in [0.25, 0.3) is 22.4 Å². The molecular formula is C20H18N4O2. The predicted octanol–water partition coefficient (Wildman–Crippen LogP) is 3.51. The quantitative estimate of drug-likeness (QED) is 0.542. The Morgan fingerprint density at radius 2 is 2.00 bits per heavy atom. The zero-order valence-electron chi connectivity index (χ0n) is 14.1. The molecule has 0 fully saturated rings. The number of nitrogens with one attached hydrogen (secondary N) is 1. The molecule has 0 spiro atoms. The second kappa shape index (κ2) is 7.23. The Hall–Kier alpha value is -3.41. The molecule has 0 saturated carbocycles. The van der Waals surface area contributed by atoms with Crippen LogP contribution in [-0.4, -0.2) is 27.2 Å². The summed E-state index contributed by atoms with van der Waals surface area (Å²) in [6.45, 7) is 1.34. The van der Waals surface area contributed by atoms with Crippen molar-refractivity contribution in [2.75, 3.05) is 6.54 Å². The van der Waals surface area contributed by atoms with Crippen molar-refractivity contribution in [2.45, 2.75) is 13.0 Å². The average Bonchev–Trinajstić information content (AvgIpc) is 3.33. The largest absolute Gasteiger partial charge is 0.355 e. The van der Waals surface area contributed by atoms with Crippen LogP contribution in [0.2, 0.25) is 0 Å². The Morgan fingerprint density at radius 1 is 1.12 bits per heavy atom. The third-order valence-corrected chi connectivity index (χ3v) is 4.19. The minimum atomic E-state index is -0.230. The van der Waals surface area contributed by atoms with Crippen molar-refractivity contribution in [1.29, 1.82) is 0 Å². The van der Waals surface area contributed by atoms with Crippen LogP contribution in [0.3, 0.4) is 0 Å². The summed E-state index contributed by atoms with van der Waals surface area (Å²) in [5, 5.41) is 7.86. The number of hydrogen-bond acceptors (Lipinski definition) is 4. The molecule has 4 aromatic rings. The molecule has 0 aliphatic heterocycles. The molecular weight excluding hydrogens is 328 g/mol. The second-order valence-electron chi connectivity index (χ2n) is 5.98. The standard InChI is InChI=1S/C20H18N4O2/c25-20(17-14-18(26-23-17)15-6-2-1-3-7-15)22-11-5-12-24-13-9-16-8-4-10-21-19(16)24/h1-4,6-10,13-14H,5,11-12H2,(H,22,25). The van der Waals surface area contributed by atoms with Gasteiger partial charge in [-0.3, -0.25) is 4.79 Å². The molecule has 0 radical (unpaired) electrons. The van der Waals surface area contributed by atoms with Gasteiger partial charge >= 0.3 is 0 Å². The second-order valence-corrected chi connectivity index (χ2v) is 5.98. The van der Waals surface area contributed by atoms with Gasteiger partial charge in [0.05, 0.1) is 0 Å². The highest BCUT2D eigenvalue weighted by Gasteiger charge is 2.13. The van der Waals surface area contributed by atoms with Crippen LogP contribution in [-0.2, 0) is 6.54 Å². The van der Waals surface area contributed by atoms with Gasteiger partial charge in [0.15, 0.2) is 11.5 Å². The van der Waals surface area contributed by atoms with E-state index in [1.807, 2.05) is 54.7 Å². The SMILES string of the molecule is O=C(NCCCn1ccc2cccnc21)c1cc(-c2ccccc2)on1. The first-order valence-corrected chi connectivity index (χ1v) is 8.51. The van der Waals surface area contributed by atoms with Crippen molar-refractivity contribution in [3.05, 3.63) is 72.7 Å². The molecule has 1 amide bonds. The first-order valence-electron chi connectivity index (χ1n) is 8.51. The van der Waals surface area contributed by atoms with Crippen LogP contribution in [0, 0.1) is 0 Å². The molecule has 1 N–H and O–H groups in total. The van der Waals surface area contributed by atoms with E-state index in [0.717, 1.165) is 29.6 Å². The van der Waals surface area contributed by atoms with E-state index in [2.05, 4.69) is 20.0 Å². The number of aryl methyl sites for hydroxylation is 1. The lowest BCUT2D eigenvalue weighted by atomic mass is 10.1. The summed E-state index contributed by atoms with van der Waals surface area (Å²) in [5.74, 6) is 0.354. The first-order chi connectivity index (χ1) is 12.8. The van der Waals surface area contributed by atoms with Crippen molar-refractivity contribution in [3.63, 3.8) is 0 Å². The number of rotatable bonds is 6. The molecule has 4 rings (SSSR count). The van der Waals surface area contributed by atoms with Gasteiger partial charge in [-0.1, -0.05) is 35.5 Å². The van der Waals surface area contributed by atoms with Gasteiger partial charge in [-0.05, 0) is 24.6 Å². The van der Waals surface area contributed by atoms with Crippen LogP contribution in [0.1, 0.15) is 16.9 Å². The third-order valence-electron chi connectivity index (χ3n) is 4.19. The van der Waals surface area contributed by atoms with Crippen molar-refractivity contribution in [1.82, 2.24) is 20.0 Å². The van der Waals surface area contributed by atoms with Crippen LogP contribution < -0.4 is 5.32 Å². The first kappa shape index (κ1) is 16.1. The van der Waals surface area contributed by atoms with Crippen LogP contribution in [0.15, 0.2) is 71.5 Å². The molecule has 3 heterocycles. The Kier molecular flexibility index (Phi) is 4.47. The maximum absolute atomic E-state index is 12.2. The fraction of sp³-hybridized carbons (Fsp3) is 0.150. The van der Waals surface area contributed by atoms with Crippen molar-refractivity contribution in [2.24, 2.45) is 0 Å². The number of amides is 1. The van der Waals surface area contributed by atoms with Gasteiger partial charge in [0.2, 0.25) is 0 Å². The molecule has 26 heavy (non-hydrogen) atoms. The van der Waals surface area contributed by atoms with Crippen molar-refractivity contribution >= 4 is 16.9 Å². The summed E-state index contributed by atoms with van der Waals surface area (Å²) >= 11 is 0. The molecule has 0 aliphatic carbocycles. The van der Waals surface area contributed by atoms with Gasteiger partial charge in [0.25, 0.3) is 5.91 Å². The van der Waals surface area contributed by atoms with Crippen molar-refractivity contribution < 1.29 is 9.32 Å². The van der Waals surface area contributed by atoms with Gasteiger partial charge in [0, 0.05) is 42.5 Å². The fourth-order valence-corrected chi connectivity index (χ4v) is 2.86. The van der Waals surface area contributed by atoms with E-state index in [-0.39, 0.29) is 11.6 Å². The molecule has 130 valence electrons. The summed E-state index contributed by atoms with van der Waals surface area (Å²) in [7, 11) is 0. The van der Waals surface area contributed by atoms with Crippen LogP contribution >= 0.6 is 0 Å². The smallest absolute Gasteiger partial charge is 0.273 e. The average molecular weight is 346 g/mol. The van der Waals surface area contributed by atoms with Gasteiger partial charge < -0.3 is 14.4 Å². The molecule has 3 aromatic heterocycles. The zero-order valence-corrected chi connectivity index (χ0v) is 14.1. The predicted molar refractivity (Wildman–Crippen MR) is 98.6 cm³/mol. The fourth-order valence-electron chi connectivity index (χ4n) is 2.86. The number of fused-ring (bicyclic) bond motifs is 1. The minimum absolute atomic E-state index is 0.230. The van der Waals surface area contributed by atoms with Gasteiger partial charge in [0.1, 0.15) is 5.65 Å². The van der Waals surface area contributed by atoms with Crippen LogP contribution in [0.4, 0.5) is 0 Å². The molecule has 0 aliphatic rings. The monoisotopic (exact) mass is 346 g/mol. The van der Waals surface area contributed by atoms with E-state index in [1.165, 1.54) is 0 Å². The number of hydrogen-bond donors (Lipinski definition) is 1. The van der Waals surface area contributed by atoms with Gasteiger partial charge in [-0.25, -0.2) is 4.98 Å². The highest BCUT2D eigenvalue weighted by Crippen LogP contribution is 2.19. The molecule has 0 bridgehead atoms. The number of nitrogens with zero attached hydrogens (tertiary/aromatic N) is 3. The lowest BCUT2D eigenvalue weighted by molar-refractivity contribution is 0.0944. The summed E-state index contributed by atoms with van der Waals surface area (Å²) in [6.07, 6.45) is 4.61. The highest BCUT2D eigenvalue weighted by molar-refractivity contribution is 5.93. The van der Waals surface area contributed by atoms with E-state index in [1.54, 1.807) is 12.3 Å². The van der Waals surface area contributed by atoms with E-state index < -0.39 is 0 Å². The number of aromatic nitrogens is 3.